The number of amides is 2. The molecule has 0 radical (unpaired) electrons. The number of thiocarbonyl (C=S) groups is 1. The highest BCUT2D eigenvalue weighted by Crippen LogP contribution is 2.37. The van der Waals surface area contributed by atoms with Gasteiger partial charge >= 0.3 is 5.97 Å². The smallest absolute Gasteiger partial charge is 0.323 e. The Morgan fingerprint density at radius 2 is 1.72 bits per heavy atom. The quantitative estimate of drug-likeness (QED) is 0.157. The summed E-state index contributed by atoms with van der Waals surface area (Å²) < 4.78 is 13.1. The molecule has 2 amide bonds. The lowest BCUT2D eigenvalue weighted by molar-refractivity contribution is -0.142. The molecule has 10 heteroatoms. The van der Waals surface area contributed by atoms with Gasteiger partial charge in [0.15, 0.2) is 11.5 Å². The number of carboxylic acid groups (broad SMARTS) is 1. The van der Waals surface area contributed by atoms with E-state index < -0.39 is 24.5 Å². The number of benzene rings is 3. The van der Waals surface area contributed by atoms with E-state index in [1.807, 2.05) is 72.5 Å². The third-order valence-corrected chi connectivity index (χ3v) is 9.51. The Morgan fingerprint density at radius 3 is 2.39 bits per heavy atom. The van der Waals surface area contributed by atoms with E-state index in [0.717, 1.165) is 53.5 Å². The molecule has 240 valence electrons. The van der Waals surface area contributed by atoms with Gasteiger partial charge in [0, 0.05) is 24.6 Å². The van der Waals surface area contributed by atoms with Gasteiger partial charge in [-0.2, -0.15) is 0 Å². The van der Waals surface area contributed by atoms with Crippen molar-refractivity contribution in [3.05, 3.63) is 100 Å². The number of hydrogen-bond donors (Lipinski definition) is 1. The predicted molar refractivity (Wildman–Crippen MR) is 184 cm³/mol. The molecule has 5 rings (SSSR count). The molecule has 0 spiro atoms. The summed E-state index contributed by atoms with van der Waals surface area (Å²) in [6.45, 7) is 2.48. The molecule has 3 aromatic carbocycles. The van der Waals surface area contributed by atoms with E-state index in [0.29, 0.717) is 41.5 Å². The van der Waals surface area contributed by atoms with Gasteiger partial charge in [-0.3, -0.25) is 19.3 Å². The first-order chi connectivity index (χ1) is 22.3. The summed E-state index contributed by atoms with van der Waals surface area (Å²) in [5, 5.41) is 9.21. The minimum atomic E-state index is -1.14. The Hall–Kier alpha value is -4.15. The number of nitrogens with zero attached hydrogens (tertiary/aromatic N) is 2. The Bertz CT molecular complexity index is 1570. The van der Waals surface area contributed by atoms with Crippen LogP contribution in [0.4, 0.5) is 0 Å². The van der Waals surface area contributed by atoms with Crippen molar-refractivity contribution in [3.8, 4) is 11.5 Å². The highest BCUT2D eigenvalue weighted by molar-refractivity contribution is 8.26. The van der Waals surface area contributed by atoms with Crippen LogP contribution in [0.2, 0.25) is 0 Å². The number of rotatable bonds is 13. The zero-order valence-electron chi connectivity index (χ0n) is 25.8. The number of hydrogen-bond acceptors (Lipinski definition) is 7. The van der Waals surface area contributed by atoms with Gasteiger partial charge in [-0.15, -0.1) is 0 Å². The fourth-order valence-corrected chi connectivity index (χ4v) is 7.08. The second-order valence-corrected chi connectivity index (χ2v) is 13.0. The molecule has 2 aliphatic rings. The molecule has 0 aromatic heterocycles. The average molecular weight is 659 g/mol. The maximum atomic E-state index is 14.3. The third kappa shape index (κ3) is 8.35. The molecule has 2 fully saturated rings. The largest absolute Gasteiger partial charge is 0.489 e. The van der Waals surface area contributed by atoms with Crippen LogP contribution in [0, 0.1) is 0 Å². The molecule has 8 nitrogen and oxygen atoms in total. The molecule has 1 heterocycles. The van der Waals surface area contributed by atoms with Crippen molar-refractivity contribution < 1.29 is 29.0 Å². The molecule has 1 saturated carbocycles. The van der Waals surface area contributed by atoms with E-state index in [-0.39, 0.29) is 16.3 Å². The van der Waals surface area contributed by atoms with Gasteiger partial charge in [-0.25, -0.2) is 0 Å². The first kappa shape index (κ1) is 33.2. The van der Waals surface area contributed by atoms with Crippen LogP contribution in [-0.2, 0) is 20.8 Å². The van der Waals surface area contributed by atoms with Crippen molar-refractivity contribution >= 4 is 52.2 Å². The minimum Gasteiger partial charge on any atom is -0.489 e. The lowest BCUT2D eigenvalue weighted by Gasteiger charge is -2.36. The first-order valence-electron chi connectivity index (χ1n) is 15.6. The highest BCUT2D eigenvalue weighted by atomic mass is 32.2. The molecule has 3 aromatic rings. The van der Waals surface area contributed by atoms with Gasteiger partial charge in [0.25, 0.3) is 11.8 Å². The summed E-state index contributed by atoms with van der Waals surface area (Å²) in [4.78, 5) is 41.9. The number of likely N-dealkylation sites (N-methyl/N-ethyl adjacent to an activating group) is 1. The van der Waals surface area contributed by atoms with Gasteiger partial charge in [-0.1, -0.05) is 110 Å². The minimum absolute atomic E-state index is 0.101. The zero-order valence-corrected chi connectivity index (χ0v) is 27.4. The van der Waals surface area contributed by atoms with Crippen LogP contribution in [0.15, 0.2) is 83.8 Å². The van der Waals surface area contributed by atoms with Crippen molar-refractivity contribution in [2.75, 3.05) is 19.7 Å². The molecule has 0 bridgehead atoms. The van der Waals surface area contributed by atoms with Crippen LogP contribution in [-0.4, -0.2) is 62.7 Å². The van der Waals surface area contributed by atoms with Crippen molar-refractivity contribution in [1.29, 1.82) is 0 Å². The summed E-state index contributed by atoms with van der Waals surface area (Å²) in [5.41, 5.74) is 2.49. The molecule has 1 aliphatic carbocycles. The maximum absolute atomic E-state index is 14.3. The topological polar surface area (TPSA) is 96.4 Å². The van der Waals surface area contributed by atoms with E-state index >= 15 is 0 Å². The molecular weight excluding hydrogens is 621 g/mol. The average Bonchev–Trinajstić information content (AvgIpc) is 3.32. The zero-order chi connectivity index (χ0) is 32.5. The van der Waals surface area contributed by atoms with Gasteiger partial charge in [0.1, 0.15) is 10.9 Å². The molecule has 1 aliphatic heterocycles. The van der Waals surface area contributed by atoms with Crippen molar-refractivity contribution in [1.82, 2.24) is 9.80 Å². The van der Waals surface area contributed by atoms with E-state index in [1.165, 1.54) is 6.42 Å². The number of thioether (sulfide) groups is 1. The number of ether oxygens (including phenoxy) is 2. The lowest BCUT2D eigenvalue weighted by atomic mass is 9.93. The second-order valence-electron chi connectivity index (χ2n) is 11.3. The van der Waals surface area contributed by atoms with Crippen molar-refractivity contribution in [2.45, 2.75) is 57.6 Å². The third-order valence-electron chi connectivity index (χ3n) is 8.13. The van der Waals surface area contributed by atoms with Gasteiger partial charge in [-0.05, 0) is 49.1 Å². The van der Waals surface area contributed by atoms with Crippen LogP contribution >= 0.6 is 24.0 Å². The lowest BCUT2D eigenvalue weighted by Crippen LogP contribution is -2.45. The fourth-order valence-electron chi connectivity index (χ4n) is 5.83. The summed E-state index contributed by atoms with van der Waals surface area (Å²) in [6, 6.07) is 25.0. The van der Waals surface area contributed by atoms with Gasteiger partial charge in [0.05, 0.1) is 11.5 Å². The van der Waals surface area contributed by atoms with Crippen LogP contribution in [0.1, 0.15) is 61.8 Å². The Kier molecular flexibility index (Phi) is 11.5. The molecular formula is C36H38N2O6S2. The van der Waals surface area contributed by atoms with Gasteiger partial charge < -0.3 is 19.5 Å². The predicted octanol–water partition coefficient (Wildman–Crippen LogP) is 6.90. The summed E-state index contributed by atoms with van der Waals surface area (Å²) in [5.74, 6) is -0.871. The van der Waals surface area contributed by atoms with E-state index in [4.69, 9.17) is 21.7 Å². The van der Waals surface area contributed by atoms with E-state index in [9.17, 15) is 19.5 Å². The fraction of sp³-hybridized carbons (Fsp3) is 0.333. The Balaban J connectivity index is 1.47. The monoisotopic (exact) mass is 658 g/mol. The van der Waals surface area contributed by atoms with Crippen molar-refractivity contribution in [2.24, 2.45) is 0 Å². The Morgan fingerprint density at radius 1 is 1.02 bits per heavy atom. The number of carbonyl (C=O) groups excluding carboxylic acids is 2. The molecule has 46 heavy (non-hydrogen) atoms. The van der Waals surface area contributed by atoms with Crippen LogP contribution in [0.3, 0.4) is 0 Å². The molecule has 1 atom stereocenters. The van der Waals surface area contributed by atoms with E-state index in [1.54, 1.807) is 24.3 Å². The van der Waals surface area contributed by atoms with Crippen LogP contribution < -0.4 is 9.47 Å². The van der Waals surface area contributed by atoms with Gasteiger partial charge in [0.2, 0.25) is 6.10 Å². The Labute approximate surface area is 279 Å². The maximum Gasteiger partial charge on any atom is 0.323 e. The summed E-state index contributed by atoms with van der Waals surface area (Å²) >= 11 is 6.32. The second kappa shape index (κ2) is 15.9. The number of carbonyl (C=O) groups is 3. The van der Waals surface area contributed by atoms with Crippen LogP contribution in [0.5, 0.6) is 11.5 Å². The number of aliphatic carboxylic acids is 1. The standard InChI is InChI=1S/C36H38N2O6S2/c1-2-37(28-16-10-5-11-17-28)35(42)33(27-14-8-4-9-15-27)44-30-22-26(23-31-34(41)38(24-32(39)40)36(45)46-31)18-19-29(30)43-21-20-25-12-6-3-7-13-25/h3-4,6-9,12-15,18-19,22-23,28,33H,2,5,10-11,16-17,20-21,24H2,1H3,(H,39,40). The summed E-state index contributed by atoms with van der Waals surface area (Å²) in [6.07, 6.45) is 6.77. The van der Waals surface area contributed by atoms with E-state index in [2.05, 4.69) is 0 Å². The van der Waals surface area contributed by atoms with Crippen LogP contribution in [0.25, 0.3) is 6.08 Å². The summed E-state index contributed by atoms with van der Waals surface area (Å²) in [7, 11) is 0. The SMILES string of the molecule is CCN(C(=O)C(Oc1cc(C=C2SC(=S)N(CC(=O)O)C2=O)ccc1OCCc1ccccc1)c1ccccc1)C1CCCCC1. The highest BCUT2D eigenvalue weighted by Gasteiger charge is 2.34. The molecule has 1 N–H and O–H groups in total. The van der Waals surface area contributed by atoms with Crippen molar-refractivity contribution in [3.63, 3.8) is 0 Å². The normalized spacial score (nSPS) is 16.8. The number of carboxylic acids is 1. The molecule has 1 unspecified atom stereocenters. The molecule has 1 saturated heterocycles. The first-order valence-corrected chi connectivity index (χ1v) is 16.9.